The second-order valence-corrected chi connectivity index (χ2v) is 5.62. The van der Waals surface area contributed by atoms with Gasteiger partial charge in [-0.15, -0.1) is 0 Å². The van der Waals surface area contributed by atoms with Crippen molar-refractivity contribution >= 4 is 6.08 Å². The van der Waals surface area contributed by atoms with Crippen molar-refractivity contribution in [3.8, 4) is 17.2 Å². The molecule has 0 amide bonds. The molecule has 2 aromatic rings. The summed E-state index contributed by atoms with van der Waals surface area (Å²) in [5.41, 5.74) is 1.32. The smallest absolute Gasteiger partial charge is 0.291 e. The highest BCUT2D eigenvalue weighted by molar-refractivity contribution is 5.62. The molecule has 0 unspecified atom stereocenters. The Bertz CT molecular complexity index is 815. The van der Waals surface area contributed by atoms with E-state index in [0.29, 0.717) is 35.0 Å². The highest BCUT2D eigenvalue weighted by Crippen LogP contribution is 2.40. The number of ether oxygens (including phenoxy) is 3. The maximum Gasteiger partial charge on any atom is 0.291 e. The first-order valence-corrected chi connectivity index (χ1v) is 8.06. The Morgan fingerprint density at radius 1 is 1.20 bits per heavy atom. The Hall–Kier alpha value is -3.02. The number of rotatable bonds is 6. The average molecular weight is 341 g/mol. The van der Waals surface area contributed by atoms with E-state index in [0.717, 1.165) is 6.42 Å². The molecule has 0 aromatic heterocycles. The molecule has 0 bridgehead atoms. The number of nitrogens with zero attached hydrogens (tertiary/aromatic N) is 1. The number of fused-ring (bicyclic) bond motifs is 1. The monoisotopic (exact) mass is 341 g/mol. The predicted octanol–water partition coefficient (Wildman–Crippen LogP) is 4.24. The van der Waals surface area contributed by atoms with Crippen molar-refractivity contribution in [2.45, 2.75) is 19.4 Å². The molecular weight excluding hydrogens is 322 g/mol. The van der Waals surface area contributed by atoms with Crippen molar-refractivity contribution in [2.24, 2.45) is 0 Å². The largest absolute Gasteiger partial charge is 0.493 e. The normalized spacial score (nSPS) is 15.6. The van der Waals surface area contributed by atoms with Crippen molar-refractivity contribution in [3.63, 3.8) is 0 Å². The number of methoxy groups -OCH3 is 1. The SMILES string of the molecule is CCCOc1ccc([C@H]2Oc3ccccc3C=C2[N+](=O)[O-])cc1OC. The standard InChI is InChI=1S/C19H19NO5/c1-3-10-24-17-9-8-14(12-18(17)23-2)19-15(20(21)22)11-13-6-4-5-7-16(13)25-19/h4-9,11-12,19H,3,10H2,1-2H3/t19-/m1/s1. The van der Waals surface area contributed by atoms with Crippen LogP contribution in [0.4, 0.5) is 0 Å². The Labute approximate surface area is 145 Å². The van der Waals surface area contributed by atoms with Gasteiger partial charge in [0.05, 0.1) is 18.6 Å². The molecule has 0 aliphatic carbocycles. The molecule has 0 N–H and O–H groups in total. The Kier molecular flexibility index (Phi) is 4.88. The number of hydrogen-bond donors (Lipinski definition) is 0. The number of hydrogen-bond acceptors (Lipinski definition) is 5. The third-order valence-electron chi connectivity index (χ3n) is 3.90. The van der Waals surface area contributed by atoms with Crippen molar-refractivity contribution in [1.82, 2.24) is 0 Å². The van der Waals surface area contributed by atoms with E-state index in [1.165, 1.54) is 0 Å². The molecule has 1 atom stereocenters. The molecule has 6 heteroatoms. The van der Waals surface area contributed by atoms with Gasteiger partial charge in [0, 0.05) is 17.2 Å². The van der Waals surface area contributed by atoms with Gasteiger partial charge in [0.25, 0.3) is 5.70 Å². The van der Waals surface area contributed by atoms with Crippen LogP contribution in [0.25, 0.3) is 6.08 Å². The second-order valence-electron chi connectivity index (χ2n) is 5.62. The molecule has 130 valence electrons. The molecule has 1 aliphatic rings. The summed E-state index contributed by atoms with van der Waals surface area (Å²) >= 11 is 0. The summed E-state index contributed by atoms with van der Waals surface area (Å²) in [6, 6.07) is 12.5. The van der Waals surface area contributed by atoms with Crippen LogP contribution >= 0.6 is 0 Å². The molecular formula is C19H19NO5. The van der Waals surface area contributed by atoms with Crippen LogP contribution in [-0.4, -0.2) is 18.6 Å². The third kappa shape index (κ3) is 3.42. The summed E-state index contributed by atoms with van der Waals surface area (Å²) in [4.78, 5) is 11.1. The van der Waals surface area contributed by atoms with E-state index < -0.39 is 11.0 Å². The van der Waals surface area contributed by atoms with Gasteiger partial charge in [0.15, 0.2) is 11.5 Å². The first-order valence-electron chi connectivity index (χ1n) is 8.06. The van der Waals surface area contributed by atoms with E-state index >= 15 is 0 Å². The number of para-hydroxylation sites is 1. The lowest BCUT2D eigenvalue weighted by molar-refractivity contribution is -0.434. The van der Waals surface area contributed by atoms with Crippen LogP contribution in [-0.2, 0) is 0 Å². The van der Waals surface area contributed by atoms with Crippen molar-refractivity contribution < 1.29 is 19.1 Å². The third-order valence-corrected chi connectivity index (χ3v) is 3.90. The molecule has 6 nitrogen and oxygen atoms in total. The Morgan fingerprint density at radius 3 is 2.72 bits per heavy atom. The Morgan fingerprint density at radius 2 is 2.00 bits per heavy atom. The summed E-state index contributed by atoms with van der Waals surface area (Å²) in [6.45, 7) is 2.59. The fourth-order valence-corrected chi connectivity index (χ4v) is 2.70. The lowest BCUT2D eigenvalue weighted by Gasteiger charge is -2.23. The predicted molar refractivity (Wildman–Crippen MR) is 93.6 cm³/mol. The summed E-state index contributed by atoms with van der Waals surface area (Å²) in [7, 11) is 1.54. The van der Waals surface area contributed by atoms with E-state index in [2.05, 4.69) is 0 Å². The van der Waals surface area contributed by atoms with Crippen LogP contribution < -0.4 is 14.2 Å². The van der Waals surface area contributed by atoms with Crippen LogP contribution in [0.3, 0.4) is 0 Å². The maximum atomic E-state index is 11.5. The highest BCUT2D eigenvalue weighted by atomic mass is 16.6. The lowest BCUT2D eigenvalue weighted by atomic mass is 10.0. The van der Waals surface area contributed by atoms with Gasteiger partial charge in [-0.3, -0.25) is 10.1 Å². The van der Waals surface area contributed by atoms with Gasteiger partial charge in [-0.2, -0.15) is 0 Å². The Balaban J connectivity index is 1.99. The van der Waals surface area contributed by atoms with Gasteiger partial charge in [-0.05, 0) is 24.6 Å². The maximum absolute atomic E-state index is 11.5. The molecule has 25 heavy (non-hydrogen) atoms. The summed E-state index contributed by atoms with van der Waals surface area (Å²) < 4.78 is 16.9. The van der Waals surface area contributed by atoms with E-state index in [9.17, 15) is 10.1 Å². The first-order chi connectivity index (χ1) is 12.1. The second kappa shape index (κ2) is 7.25. The van der Waals surface area contributed by atoms with Gasteiger partial charge < -0.3 is 14.2 Å². The molecule has 0 radical (unpaired) electrons. The minimum absolute atomic E-state index is 0.0111. The van der Waals surface area contributed by atoms with E-state index in [1.807, 2.05) is 19.1 Å². The zero-order chi connectivity index (χ0) is 17.8. The fourth-order valence-electron chi connectivity index (χ4n) is 2.70. The van der Waals surface area contributed by atoms with Crippen LogP contribution in [0.1, 0.15) is 30.6 Å². The van der Waals surface area contributed by atoms with Gasteiger partial charge in [-0.1, -0.05) is 31.2 Å². The van der Waals surface area contributed by atoms with E-state index in [1.54, 1.807) is 43.5 Å². The van der Waals surface area contributed by atoms with Gasteiger partial charge in [0.1, 0.15) is 5.75 Å². The zero-order valence-corrected chi connectivity index (χ0v) is 14.1. The zero-order valence-electron chi connectivity index (χ0n) is 14.1. The number of nitro groups is 1. The van der Waals surface area contributed by atoms with Crippen LogP contribution in [0.5, 0.6) is 17.2 Å². The van der Waals surface area contributed by atoms with Crippen LogP contribution in [0.15, 0.2) is 48.2 Å². The molecule has 1 heterocycles. The molecule has 0 saturated heterocycles. The molecule has 0 saturated carbocycles. The van der Waals surface area contributed by atoms with Gasteiger partial charge >= 0.3 is 0 Å². The molecule has 0 spiro atoms. The molecule has 1 aliphatic heterocycles. The van der Waals surface area contributed by atoms with Crippen LogP contribution in [0, 0.1) is 10.1 Å². The minimum atomic E-state index is -0.806. The van der Waals surface area contributed by atoms with Crippen molar-refractivity contribution in [1.29, 1.82) is 0 Å². The van der Waals surface area contributed by atoms with E-state index in [4.69, 9.17) is 14.2 Å². The minimum Gasteiger partial charge on any atom is -0.493 e. The molecule has 3 rings (SSSR count). The van der Waals surface area contributed by atoms with Crippen molar-refractivity contribution in [3.05, 3.63) is 69.4 Å². The summed E-state index contributed by atoms with van der Waals surface area (Å²) in [5.74, 6) is 1.75. The quantitative estimate of drug-likeness (QED) is 0.581. The summed E-state index contributed by atoms with van der Waals surface area (Å²) in [6.07, 6.45) is 1.62. The van der Waals surface area contributed by atoms with Gasteiger partial charge in [-0.25, -0.2) is 0 Å². The van der Waals surface area contributed by atoms with Crippen LogP contribution in [0.2, 0.25) is 0 Å². The average Bonchev–Trinajstić information content (AvgIpc) is 2.65. The van der Waals surface area contributed by atoms with E-state index in [-0.39, 0.29) is 5.70 Å². The molecule has 2 aromatic carbocycles. The topological polar surface area (TPSA) is 70.8 Å². The van der Waals surface area contributed by atoms with Crippen molar-refractivity contribution in [2.75, 3.05) is 13.7 Å². The van der Waals surface area contributed by atoms with Gasteiger partial charge in [0.2, 0.25) is 6.10 Å². The summed E-state index contributed by atoms with van der Waals surface area (Å²) in [5, 5.41) is 11.5. The first kappa shape index (κ1) is 16.8. The lowest BCUT2D eigenvalue weighted by Crippen LogP contribution is -2.19. The highest BCUT2D eigenvalue weighted by Gasteiger charge is 2.33. The fraction of sp³-hybridized carbons (Fsp3) is 0.263. The number of benzene rings is 2. The molecule has 0 fully saturated rings.